The Morgan fingerprint density at radius 1 is 1.00 bits per heavy atom. The molecule has 0 aliphatic carbocycles. The molecule has 0 aliphatic rings. The van der Waals surface area contributed by atoms with Crippen LogP contribution in [0.2, 0.25) is 0 Å². The Labute approximate surface area is 217 Å². The van der Waals surface area contributed by atoms with Crippen molar-refractivity contribution in [2.45, 2.75) is 76.5 Å². The standard InChI is InChI=1S/C26H34FN5O4S/c1-19-11-12-20(2)21(16-19)17-26-29-25(10-8-6-4-3-5-7-9-15-31(33)34)30-32(26)24-14-13-22(18-23(24)27)37(28,35)36/h11-14,16,18H,3-10,15,17H2,1-2H3,(H2,28,35,36). The number of primary sulfonamides is 1. The highest BCUT2D eigenvalue weighted by Gasteiger charge is 2.18. The summed E-state index contributed by atoms with van der Waals surface area (Å²) in [5.41, 5.74) is 3.36. The van der Waals surface area contributed by atoms with Crippen molar-refractivity contribution in [3.63, 3.8) is 0 Å². The number of nitrogens with zero attached hydrogens (tertiary/aromatic N) is 4. The van der Waals surface area contributed by atoms with Crippen molar-refractivity contribution < 1.29 is 17.7 Å². The number of rotatable bonds is 14. The van der Waals surface area contributed by atoms with Gasteiger partial charge < -0.3 is 0 Å². The highest BCUT2D eigenvalue weighted by Crippen LogP contribution is 2.22. The van der Waals surface area contributed by atoms with Crippen molar-refractivity contribution in [3.05, 3.63) is 80.7 Å². The second kappa shape index (κ2) is 12.9. The summed E-state index contributed by atoms with van der Waals surface area (Å²) >= 11 is 0. The lowest BCUT2D eigenvalue weighted by molar-refractivity contribution is -0.480. The van der Waals surface area contributed by atoms with Crippen molar-refractivity contribution >= 4 is 10.0 Å². The first-order chi connectivity index (χ1) is 17.5. The summed E-state index contributed by atoms with van der Waals surface area (Å²) in [6.45, 7) is 4.05. The average molecular weight is 532 g/mol. The molecule has 0 unspecified atom stereocenters. The zero-order valence-corrected chi connectivity index (χ0v) is 22.1. The summed E-state index contributed by atoms with van der Waals surface area (Å²) in [4.78, 5) is 14.5. The van der Waals surface area contributed by atoms with E-state index in [4.69, 9.17) is 10.1 Å². The first kappa shape index (κ1) is 28.4. The molecule has 2 N–H and O–H groups in total. The van der Waals surface area contributed by atoms with Gasteiger partial charge in [-0.05, 0) is 56.0 Å². The van der Waals surface area contributed by atoms with Crippen LogP contribution in [0.1, 0.15) is 73.3 Å². The monoisotopic (exact) mass is 531 g/mol. The van der Waals surface area contributed by atoms with E-state index in [1.54, 1.807) is 0 Å². The van der Waals surface area contributed by atoms with Gasteiger partial charge >= 0.3 is 0 Å². The van der Waals surface area contributed by atoms with E-state index >= 15 is 4.39 Å². The molecule has 0 bridgehead atoms. The zero-order chi connectivity index (χ0) is 27.0. The van der Waals surface area contributed by atoms with E-state index in [0.717, 1.165) is 61.3 Å². The molecule has 3 aromatic rings. The maximum absolute atomic E-state index is 15.0. The fourth-order valence-electron chi connectivity index (χ4n) is 4.21. The summed E-state index contributed by atoms with van der Waals surface area (Å²) in [7, 11) is -4.03. The van der Waals surface area contributed by atoms with Gasteiger partial charge in [0, 0.05) is 24.2 Å². The molecule has 0 saturated carbocycles. The maximum atomic E-state index is 15.0. The van der Waals surface area contributed by atoms with Gasteiger partial charge in [-0.15, -0.1) is 0 Å². The average Bonchev–Trinajstić information content (AvgIpc) is 3.21. The molecule has 2 aromatic carbocycles. The number of hydrogen-bond donors (Lipinski definition) is 1. The predicted molar refractivity (Wildman–Crippen MR) is 139 cm³/mol. The Morgan fingerprint density at radius 2 is 1.68 bits per heavy atom. The molecule has 1 aromatic heterocycles. The molecule has 0 aliphatic heterocycles. The minimum Gasteiger partial charge on any atom is -0.265 e. The third-order valence-electron chi connectivity index (χ3n) is 6.29. The van der Waals surface area contributed by atoms with Crippen molar-refractivity contribution in [2.24, 2.45) is 5.14 Å². The third-order valence-corrected chi connectivity index (χ3v) is 7.20. The lowest BCUT2D eigenvalue weighted by Crippen LogP contribution is -2.13. The largest absolute Gasteiger partial charge is 0.265 e. The van der Waals surface area contributed by atoms with Crippen molar-refractivity contribution in [2.75, 3.05) is 6.54 Å². The van der Waals surface area contributed by atoms with Crippen molar-refractivity contribution in [3.8, 4) is 5.69 Å². The topological polar surface area (TPSA) is 134 Å². The molecule has 0 spiro atoms. The Bertz CT molecular complexity index is 1340. The van der Waals surface area contributed by atoms with Crippen LogP contribution in [0.3, 0.4) is 0 Å². The highest BCUT2D eigenvalue weighted by molar-refractivity contribution is 7.89. The normalized spacial score (nSPS) is 11.7. The summed E-state index contributed by atoms with van der Waals surface area (Å²) in [5.74, 6) is 0.417. The summed E-state index contributed by atoms with van der Waals surface area (Å²) in [6.07, 6.45) is 7.44. The third kappa shape index (κ3) is 8.43. The SMILES string of the molecule is Cc1ccc(C)c(Cc2nc(CCCCCCCCC[N+](=O)[O-])nn2-c2ccc(S(N)(=O)=O)cc2F)c1. The van der Waals surface area contributed by atoms with Gasteiger partial charge in [0.15, 0.2) is 5.82 Å². The maximum Gasteiger partial charge on any atom is 0.238 e. The van der Waals surface area contributed by atoms with Crippen LogP contribution in [0.15, 0.2) is 41.3 Å². The number of benzene rings is 2. The second-order valence-electron chi connectivity index (χ2n) is 9.40. The van der Waals surface area contributed by atoms with Gasteiger partial charge in [-0.1, -0.05) is 49.4 Å². The number of sulfonamides is 1. The fourth-order valence-corrected chi connectivity index (χ4v) is 4.74. The molecule has 9 nitrogen and oxygen atoms in total. The zero-order valence-electron chi connectivity index (χ0n) is 21.3. The predicted octanol–water partition coefficient (Wildman–Crippen LogP) is 4.81. The van der Waals surface area contributed by atoms with E-state index in [-0.39, 0.29) is 22.1 Å². The number of aryl methyl sites for hydroxylation is 3. The second-order valence-corrected chi connectivity index (χ2v) is 11.0. The molecule has 0 atom stereocenters. The van der Waals surface area contributed by atoms with Crippen molar-refractivity contribution in [1.82, 2.24) is 14.8 Å². The van der Waals surface area contributed by atoms with Crippen LogP contribution in [-0.2, 0) is 22.9 Å². The Kier molecular flexibility index (Phi) is 9.87. The quantitative estimate of drug-likeness (QED) is 0.180. The minimum absolute atomic E-state index is 0.0318. The van der Waals surface area contributed by atoms with Gasteiger partial charge in [0.25, 0.3) is 0 Å². The number of aromatic nitrogens is 3. The van der Waals surface area contributed by atoms with Crippen LogP contribution in [-0.4, -0.2) is 34.7 Å². The summed E-state index contributed by atoms with van der Waals surface area (Å²) in [6, 6.07) is 9.66. The molecule has 200 valence electrons. The van der Waals surface area contributed by atoms with E-state index in [2.05, 4.69) is 11.2 Å². The molecule has 0 radical (unpaired) electrons. The minimum atomic E-state index is -4.03. The molecule has 3 rings (SSSR count). The van der Waals surface area contributed by atoms with E-state index in [9.17, 15) is 18.5 Å². The molecular weight excluding hydrogens is 497 g/mol. The van der Waals surface area contributed by atoms with Crippen molar-refractivity contribution in [1.29, 1.82) is 0 Å². The number of hydrogen-bond acceptors (Lipinski definition) is 6. The van der Waals surface area contributed by atoms with E-state index in [1.165, 1.54) is 16.8 Å². The Balaban J connectivity index is 1.73. The Morgan fingerprint density at radius 3 is 2.32 bits per heavy atom. The highest BCUT2D eigenvalue weighted by atomic mass is 32.2. The summed E-state index contributed by atoms with van der Waals surface area (Å²) in [5, 5.41) is 20.1. The van der Waals surface area contributed by atoms with Gasteiger partial charge in [0.1, 0.15) is 17.3 Å². The smallest absolute Gasteiger partial charge is 0.238 e. The van der Waals surface area contributed by atoms with Crippen LogP contribution in [0, 0.1) is 29.8 Å². The lowest BCUT2D eigenvalue weighted by atomic mass is 10.0. The molecule has 0 fully saturated rings. The lowest BCUT2D eigenvalue weighted by Gasteiger charge is -2.10. The number of unbranched alkanes of at least 4 members (excludes halogenated alkanes) is 6. The van der Waals surface area contributed by atoms with Crippen LogP contribution in [0.5, 0.6) is 0 Å². The van der Waals surface area contributed by atoms with E-state index in [0.29, 0.717) is 30.9 Å². The molecule has 11 heteroatoms. The fraction of sp³-hybridized carbons (Fsp3) is 0.462. The molecule has 1 heterocycles. The first-order valence-corrected chi connectivity index (χ1v) is 14.0. The number of nitrogens with two attached hydrogens (primary N) is 1. The first-order valence-electron chi connectivity index (χ1n) is 12.5. The van der Waals surface area contributed by atoms with Crippen LogP contribution in [0.25, 0.3) is 5.69 Å². The number of halogens is 1. The summed E-state index contributed by atoms with van der Waals surface area (Å²) < 4.78 is 39.7. The molecule has 0 saturated heterocycles. The van der Waals surface area contributed by atoms with E-state index < -0.39 is 15.8 Å². The van der Waals surface area contributed by atoms with Crippen LogP contribution < -0.4 is 5.14 Å². The van der Waals surface area contributed by atoms with Gasteiger partial charge in [-0.25, -0.2) is 27.6 Å². The number of nitro groups is 1. The van der Waals surface area contributed by atoms with Gasteiger partial charge in [-0.3, -0.25) is 10.1 Å². The Hall–Kier alpha value is -3.18. The van der Waals surface area contributed by atoms with Crippen LogP contribution in [0.4, 0.5) is 4.39 Å². The molecule has 0 amide bonds. The van der Waals surface area contributed by atoms with Gasteiger partial charge in [0.05, 0.1) is 4.90 Å². The van der Waals surface area contributed by atoms with Gasteiger partial charge in [0.2, 0.25) is 16.6 Å². The van der Waals surface area contributed by atoms with Crippen LogP contribution >= 0.6 is 0 Å². The van der Waals surface area contributed by atoms with Gasteiger partial charge in [-0.2, -0.15) is 5.10 Å². The molecular formula is C26H34FN5O4S. The van der Waals surface area contributed by atoms with E-state index in [1.807, 2.05) is 26.0 Å². The molecule has 37 heavy (non-hydrogen) atoms.